The van der Waals surface area contributed by atoms with E-state index in [0.29, 0.717) is 5.69 Å². The lowest BCUT2D eigenvalue weighted by atomic mass is 10.0. The van der Waals surface area contributed by atoms with Crippen LogP contribution in [0.1, 0.15) is 55.4 Å². The first-order valence-corrected chi connectivity index (χ1v) is 9.30. The van der Waals surface area contributed by atoms with E-state index in [2.05, 4.69) is 15.3 Å². The van der Waals surface area contributed by atoms with E-state index in [1.54, 1.807) is 18.3 Å². The third-order valence-corrected chi connectivity index (χ3v) is 4.16. The quantitative estimate of drug-likeness (QED) is 0.687. The van der Waals surface area contributed by atoms with Crippen LogP contribution in [0.25, 0.3) is 0 Å². The van der Waals surface area contributed by atoms with E-state index in [-0.39, 0.29) is 41.5 Å². The molecule has 8 heteroatoms. The summed E-state index contributed by atoms with van der Waals surface area (Å²) < 4.78 is 30.5. The van der Waals surface area contributed by atoms with Crippen molar-refractivity contribution in [3.8, 4) is 5.88 Å². The summed E-state index contributed by atoms with van der Waals surface area (Å²) in [6.07, 6.45) is 3.12. The Morgan fingerprint density at radius 1 is 1.17 bits per heavy atom. The van der Waals surface area contributed by atoms with Crippen LogP contribution in [-0.2, 0) is 11.2 Å². The maximum absolute atomic E-state index is 12.8. The number of Topliss-reactive ketones (excluding diaryl/α,β-unsaturated/α-hetero) is 1. The highest BCUT2D eigenvalue weighted by Crippen LogP contribution is 2.17. The Morgan fingerprint density at radius 2 is 1.90 bits per heavy atom. The van der Waals surface area contributed by atoms with Gasteiger partial charge in [-0.25, -0.2) is 13.8 Å². The van der Waals surface area contributed by atoms with E-state index < -0.39 is 12.5 Å². The SMILES string of the molecule is CC(C)C(=O)Cc1cc(C(C)NC(=O)c2ccc(OCC(C)(F)F)nc2)ccn1. The van der Waals surface area contributed by atoms with Crippen LogP contribution in [0.4, 0.5) is 8.78 Å². The number of amides is 1. The molecule has 2 aromatic rings. The Hall–Kier alpha value is -2.90. The molecule has 0 aliphatic heterocycles. The van der Waals surface area contributed by atoms with Crippen molar-refractivity contribution in [2.24, 2.45) is 5.92 Å². The summed E-state index contributed by atoms with van der Waals surface area (Å²) in [6.45, 7) is 5.46. The molecular weight excluding hydrogens is 380 g/mol. The fraction of sp³-hybridized carbons (Fsp3) is 0.429. The number of hydrogen-bond donors (Lipinski definition) is 1. The lowest BCUT2D eigenvalue weighted by molar-refractivity contribution is -0.121. The summed E-state index contributed by atoms with van der Waals surface area (Å²) in [5, 5.41) is 2.84. The molecular formula is C21H25F2N3O3. The van der Waals surface area contributed by atoms with Gasteiger partial charge in [0.2, 0.25) is 5.88 Å². The van der Waals surface area contributed by atoms with E-state index in [1.165, 1.54) is 18.3 Å². The van der Waals surface area contributed by atoms with Crippen LogP contribution in [0.2, 0.25) is 0 Å². The van der Waals surface area contributed by atoms with Crippen molar-refractivity contribution in [1.82, 2.24) is 15.3 Å². The Balaban J connectivity index is 1.99. The molecule has 0 aliphatic rings. The van der Waals surface area contributed by atoms with E-state index in [1.807, 2.05) is 20.8 Å². The van der Waals surface area contributed by atoms with Crippen molar-refractivity contribution in [1.29, 1.82) is 0 Å². The molecule has 0 fully saturated rings. The predicted molar refractivity (Wildman–Crippen MR) is 104 cm³/mol. The first-order valence-electron chi connectivity index (χ1n) is 9.30. The van der Waals surface area contributed by atoms with Gasteiger partial charge in [-0.3, -0.25) is 14.6 Å². The van der Waals surface area contributed by atoms with Gasteiger partial charge in [0.25, 0.3) is 11.8 Å². The van der Waals surface area contributed by atoms with E-state index >= 15 is 0 Å². The zero-order chi connectivity index (χ0) is 21.6. The molecule has 0 bridgehead atoms. The van der Waals surface area contributed by atoms with Crippen molar-refractivity contribution >= 4 is 11.7 Å². The highest BCUT2D eigenvalue weighted by Gasteiger charge is 2.22. The summed E-state index contributed by atoms with van der Waals surface area (Å²) in [4.78, 5) is 32.4. The maximum Gasteiger partial charge on any atom is 0.278 e. The number of aromatic nitrogens is 2. The monoisotopic (exact) mass is 405 g/mol. The number of hydrogen-bond acceptors (Lipinski definition) is 5. The number of alkyl halides is 2. The molecule has 156 valence electrons. The van der Waals surface area contributed by atoms with Gasteiger partial charge >= 0.3 is 0 Å². The lowest BCUT2D eigenvalue weighted by Crippen LogP contribution is -2.27. The first-order chi connectivity index (χ1) is 13.5. The zero-order valence-electron chi connectivity index (χ0n) is 16.9. The molecule has 1 unspecified atom stereocenters. The normalized spacial score (nSPS) is 12.5. The number of nitrogens with one attached hydrogen (secondary N) is 1. The van der Waals surface area contributed by atoms with Gasteiger partial charge < -0.3 is 10.1 Å². The number of pyridine rings is 2. The minimum Gasteiger partial charge on any atom is -0.471 e. The molecule has 2 heterocycles. The van der Waals surface area contributed by atoms with Crippen LogP contribution in [0.15, 0.2) is 36.7 Å². The average molecular weight is 405 g/mol. The minimum atomic E-state index is -2.96. The topological polar surface area (TPSA) is 81.2 Å². The molecule has 0 saturated heterocycles. The van der Waals surface area contributed by atoms with Gasteiger partial charge in [-0.2, -0.15) is 0 Å². The Bertz CT molecular complexity index is 849. The van der Waals surface area contributed by atoms with Crippen LogP contribution in [-0.4, -0.2) is 34.2 Å². The van der Waals surface area contributed by atoms with Gasteiger partial charge in [-0.15, -0.1) is 0 Å². The van der Waals surface area contributed by atoms with Gasteiger partial charge in [-0.1, -0.05) is 13.8 Å². The molecule has 29 heavy (non-hydrogen) atoms. The average Bonchev–Trinajstić information content (AvgIpc) is 2.66. The van der Waals surface area contributed by atoms with Gasteiger partial charge in [0.05, 0.1) is 11.6 Å². The zero-order valence-corrected chi connectivity index (χ0v) is 16.9. The van der Waals surface area contributed by atoms with Gasteiger partial charge in [0.1, 0.15) is 5.78 Å². The van der Waals surface area contributed by atoms with Gasteiger partial charge in [-0.05, 0) is 30.7 Å². The maximum atomic E-state index is 12.8. The molecule has 0 radical (unpaired) electrons. The molecule has 0 spiro atoms. The molecule has 6 nitrogen and oxygen atoms in total. The Labute approximate surface area is 168 Å². The smallest absolute Gasteiger partial charge is 0.278 e. The van der Waals surface area contributed by atoms with Crippen molar-refractivity contribution in [2.75, 3.05) is 6.61 Å². The number of halogens is 2. The van der Waals surface area contributed by atoms with E-state index in [9.17, 15) is 18.4 Å². The van der Waals surface area contributed by atoms with Crippen LogP contribution in [0, 0.1) is 5.92 Å². The highest BCUT2D eigenvalue weighted by molar-refractivity contribution is 5.94. The summed E-state index contributed by atoms with van der Waals surface area (Å²) in [5.41, 5.74) is 1.74. The van der Waals surface area contributed by atoms with Gasteiger partial charge in [0, 0.05) is 43.4 Å². The van der Waals surface area contributed by atoms with Crippen LogP contribution < -0.4 is 10.1 Å². The van der Waals surface area contributed by atoms with Crippen LogP contribution in [0.3, 0.4) is 0 Å². The van der Waals surface area contributed by atoms with Crippen LogP contribution in [0.5, 0.6) is 5.88 Å². The highest BCUT2D eigenvalue weighted by atomic mass is 19.3. The Kier molecular flexibility index (Phi) is 7.36. The number of ketones is 1. The molecule has 0 aliphatic carbocycles. The molecule has 0 saturated carbocycles. The second-order valence-corrected chi connectivity index (χ2v) is 7.32. The van der Waals surface area contributed by atoms with E-state index in [4.69, 9.17) is 4.74 Å². The predicted octanol–water partition coefficient (Wildman–Crippen LogP) is 3.77. The van der Waals surface area contributed by atoms with Crippen molar-refractivity contribution in [2.45, 2.75) is 46.1 Å². The molecule has 1 atom stereocenters. The Morgan fingerprint density at radius 3 is 2.48 bits per heavy atom. The van der Waals surface area contributed by atoms with Crippen molar-refractivity contribution in [3.63, 3.8) is 0 Å². The second-order valence-electron chi connectivity index (χ2n) is 7.32. The van der Waals surface area contributed by atoms with Crippen molar-refractivity contribution in [3.05, 3.63) is 53.5 Å². The second kappa shape index (κ2) is 9.54. The fourth-order valence-corrected chi connectivity index (χ4v) is 2.41. The summed E-state index contributed by atoms with van der Waals surface area (Å²) in [6, 6.07) is 6.07. The number of carbonyl (C=O) groups excluding carboxylic acids is 2. The standard InChI is InChI=1S/C21H25F2N3O3/c1-13(2)18(27)10-17-9-15(7-8-24-17)14(3)26-20(28)16-5-6-19(25-11-16)29-12-21(4,22)23/h5-9,11,13-14H,10,12H2,1-4H3,(H,26,28). The first kappa shape index (κ1) is 22.4. The number of carbonyl (C=O) groups is 2. The lowest BCUT2D eigenvalue weighted by Gasteiger charge is -2.15. The van der Waals surface area contributed by atoms with Gasteiger partial charge in [0.15, 0.2) is 6.61 Å². The fourth-order valence-electron chi connectivity index (χ4n) is 2.41. The molecule has 1 amide bonds. The third kappa shape index (κ3) is 7.21. The molecule has 2 rings (SSSR count). The van der Waals surface area contributed by atoms with E-state index in [0.717, 1.165) is 12.5 Å². The van der Waals surface area contributed by atoms with Crippen molar-refractivity contribution < 1.29 is 23.1 Å². The molecule has 1 N–H and O–H groups in total. The molecule has 0 aromatic carbocycles. The minimum absolute atomic E-state index is 0.0183. The summed E-state index contributed by atoms with van der Waals surface area (Å²) >= 11 is 0. The largest absolute Gasteiger partial charge is 0.471 e. The molecule has 2 aromatic heterocycles. The summed E-state index contributed by atoms with van der Waals surface area (Å²) in [7, 11) is 0. The number of ether oxygens (including phenoxy) is 1. The number of nitrogens with zero attached hydrogens (tertiary/aromatic N) is 2. The van der Waals surface area contributed by atoms with Crippen LogP contribution >= 0.6 is 0 Å². The summed E-state index contributed by atoms with van der Waals surface area (Å²) in [5.74, 6) is -3.28. The number of rotatable bonds is 9. The third-order valence-electron chi connectivity index (χ3n) is 4.16.